The van der Waals surface area contributed by atoms with Crippen molar-refractivity contribution in [2.75, 3.05) is 0 Å². The molecule has 7 heteroatoms. The van der Waals surface area contributed by atoms with Gasteiger partial charge >= 0.3 is 5.97 Å². The van der Waals surface area contributed by atoms with Gasteiger partial charge in [-0.05, 0) is 35.9 Å². The lowest BCUT2D eigenvalue weighted by molar-refractivity contribution is -0.122. The molecular formula is C23H16N2O3S2. The molecule has 1 N–H and O–H groups in total. The van der Waals surface area contributed by atoms with E-state index in [-0.39, 0.29) is 11.5 Å². The first-order valence-electron chi connectivity index (χ1n) is 9.11. The van der Waals surface area contributed by atoms with Gasteiger partial charge in [-0.1, -0.05) is 72.5 Å². The summed E-state index contributed by atoms with van der Waals surface area (Å²) < 4.78 is 0.524. The number of carbonyl (C=O) groups excluding carboxylic acids is 1. The summed E-state index contributed by atoms with van der Waals surface area (Å²) in [6.07, 6.45) is 1.74. The molecule has 0 saturated carbocycles. The van der Waals surface area contributed by atoms with Gasteiger partial charge in [0, 0.05) is 5.56 Å². The first kappa shape index (κ1) is 20.0. The quantitative estimate of drug-likeness (QED) is 0.459. The molecule has 5 nitrogen and oxygen atoms in total. The second-order valence-electron chi connectivity index (χ2n) is 6.58. The van der Waals surface area contributed by atoms with E-state index in [0.29, 0.717) is 27.2 Å². The molecule has 148 valence electrons. The summed E-state index contributed by atoms with van der Waals surface area (Å²) in [6, 6.07) is 21.7. The lowest BCUT2D eigenvalue weighted by Crippen LogP contribution is -2.27. The van der Waals surface area contributed by atoms with E-state index in [0.717, 1.165) is 11.1 Å². The number of aromatic carboxylic acids is 1. The van der Waals surface area contributed by atoms with Gasteiger partial charge in [0.15, 0.2) is 0 Å². The van der Waals surface area contributed by atoms with Crippen molar-refractivity contribution in [3.05, 3.63) is 94.5 Å². The van der Waals surface area contributed by atoms with Crippen LogP contribution < -0.4 is 0 Å². The van der Waals surface area contributed by atoms with E-state index in [1.807, 2.05) is 48.5 Å². The van der Waals surface area contributed by atoms with Crippen molar-refractivity contribution in [2.24, 2.45) is 0 Å². The molecule has 4 rings (SSSR count). The van der Waals surface area contributed by atoms with Crippen LogP contribution in [0.15, 0.2) is 77.7 Å². The van der Waals surface area contributed by atoms with E-state index in [9.17, 15) is 9.59 Å². The zero-order valence-electron chi connectivity index (χ0n) is 15.7. The number of pyridine rings is 1. The average molecular weight is 433 g/mol. The van der Waals surface area contributed by atoms with Crippen LogP contribution in [0.3, 0.4) is 0 Å². The van der Waals surface area contributed by atoms with Crippen LogP contribution >= 0.6 is 24.0 Å². The number of carbonyl (C=O) groups is 2. The molecule has 0 atom stereocenters. The van der Waals surface area contributed by atoms with Crippen LogP contribution in [0.25, 0.3) is 17.3 Å². The number of benzene rings is 2. The van der Waals surface area contributed by atoms with E-state index in [4.69, 9.17) is 17.3 Å². The Bertz CT molecular complexity index is 1160. The maximum absolute atomic E-state index is 12.8. The summed E-state index contributed by atoms with van der Waals surface area (Å²) in [4.78, 5) is 30.6. The third kappa shape index (κ3) is 4.32. The number of amides is 1. The van der Waals surface area contributed by atoms with E-state index < -0.39 is 5.97 Å². The molecule has 2 aromatic carbocycles. The average Bonchev–Trinajstić information content (AvgIpc) is 3.02. The highest BCUT2D eigenvalue weighted by Crippen LogP contribution is 2.33. The minimum absolute atomic E-state index is 0.133. The molecule has 1 fully saturated rings. The molecule has 0 bridgehead atoms. The van der Waals surface area contributed by atoms with Crippen LogP contribution in [-0.4, -0.2) is 31.2 Å². The number of hydrogen-bond donors (Lipinski definition) is 1. The van der Waals surface area contributed by atoms with Crippen molar-refractivity contribution in [3.63, 3.8) is 0 Å². The SMILES string of the molecule is O=C(O)c1ccc(-c2cccc(C=C3SC(=S)N(Cc4ccccc4)C3=O)n2)cc1. The standard InChI is InChI=1S/C23H16N2O3S2/c26-21-20(30-23(29)25(21)14-15-5-2-1-3-6-15)13-18-7-4-8-19(24-18)16-9-11-17(12-10-16)22(27)28/h1-13H,14H2,(H,27,28). The smallest absolute Gasteiger partial charge is 0.335 e. The Morgan fingerprint density at radius 1 is 1.03 bits per heavy atom. The van der Waals surface area contributed by atoms with E-state index in [2.05, 4.69) is 4.98 Å². The van der Waals surface area contributed by atoms with Crippen LogP contribution in [0.5, 0.6) is 0 Å². The van der Waals surface area contributed by atoms with Crippen molar-refractivity contribution in [3.8, 4) is 11.3 Å². The number of carboxylic acid groups (broad SMARTS) is 1. The molecule has 1 aliphatic rings. The minimum Gasteiger partial charge on any atom is -0.478 e. The van der Waals surface area contributed by atoms with Gasteiger partial charge in [-0.3, -0.25) is 9.69 Å². The molecule has 0 aliphatic carbocycles. The second kappa shape index (κ2) is 8.61. The fourth-order valence-corrected chi connectivity index (χ4v) is 4.25. The fourth-order valence-electron chi connectivity index (χ4n) is 3.01. The number of nitrogens with zero attached hydrogens (tertiary/aromatic N) is 2. The van der Waals surface area contributed by atoms with Crippen molar-refractivity contribution in [1.82, 2.24) is 9.88 Å². The molecule has 2 heterocycles. The van der Waals surface area contributed by atoms with Crippen LogP contribution in [0.1, 0.15) is 21.6 Å². The number of rotatable bonds is 5. The van der Waals surface area contributed by atoms with Gasteiger partial charge in [0.05, 0.1) is 28.4 Å². The van der Waals surface area contributed by atoms with Gasteiger partial charge in [-0.15, -0.1) is 0 Å². The number of hydrogen-bond acceptors (Lipinski definition) is 5. The normalized spacial score (nSPS) is 15.1. The Labute approximate surface area is 183 Å². The Balaban J connectivity index is 1.56. The summed E-state index contributed by atoms with van der Waals surface area (Å²) >= 11 is 6.67. The Hall–Kier alpha value is -3.29. The number of thiocarbonyl (C=S) groups is 1. The molecule has 1 aliphatic heterocycles. The maximum atomic E-state index is 12.8. The Morgan fingerprint density at radius 3 is 2.47 bits per heavy atom. The van der Waals surface area contributed by atoms with E-state index >= 15 is 0 Å². The van der Waals surface area contributed by atoms with Gasteiger partial charge in [0.1, 0.15) is 4.32 Å². The van der Waals surface area contributed by atoms with Crippen molar-refractivity contribution < 1.29 is 14.7 Å². The van der Waals surface area contributed by atoms with Gasteiger partial charge in [-0.2, -0.15) is 0 Å². The van der Waals surface area contributed by atoms with Gasteiger partial charge in [0.25, 0.3) is 5.91 Å². The molecule has 0 unspecified atom stereocenters. The maximum Gasteiger partial charge on any atom is 0.335 e. The molecule has 30 heavy (non-hydrogen) atoms. The predicted octanol–water partition coefficient (Wildman–Crippen LogP) is 4.85. The summed E-state index contributed by atoms with van der Waals surface area (Å²) in [5, 5.41) is 9.04. The van der Waals surface area contributed by atoms with Crippen LogP contribution in [0, 0.1) is 0 Å². The van der Waals surface area contributed by atoms with Gasteiger partial charge in [0.2, 0.25) is 0 Å². The molecule has 0 spiro atoms. The van der Waals surface area contributed by atoms with Gasteiger partial charge < -0.3 is 5.11 Å². The topological polar surface area (TPSA) is 70.5 Å². The largest absolute Gasteiger partial charge is 0.478 e. The highest BCUT2D eigenvalue weighted by molar-refractivity contribution is 8.26. The van der Waals surface area contributed by atoms with Crippen LogP contribution in [-0.2, 0) is 11.3 Å². The Kier molecular flexibility index (Phi) is 5.74. The van der Waals surface area contributed by atoms with Crippen molar-refractivity contribution in [1.29, 1.82) is 0 Å². The lowest BCUT2D eigenvalue weighted by Gasteiger charge is -2.14. The summed E-state index contributed by atoms with van der Waals surface area (Å²) in [6.45, 7) is 0.437. The number of aromatic nitrogens is 1. The van der Waals surface area contributed by atoms with Gasteiger partial charge in [-0.25, -0.2) is 9.78 Å². The highest BCUT2D eigenvalue weighted by atomic mass is 32.2. The third-order valence-electron chi connectivity index (χ3n) is 4.53. The third-order valence-corrected chi connectivity index (χ3v) is 5.91. The monoisotopic (exact) mass is 432 g/mol. The van der Waals surface area contributed by atoms with Crippen molar-refractivity contribution >= 4 is 46.3 Å². The molecule has 0 radical (unpaired) electrons. The molecule has 1 saturated heterocycles. The zero-order valence-corrected chi connectivity index (χ0v) is 17.3. The van der Waals surface area contributed by atoms with E-state index in [1.165, 1.54) is 11.8 Å². The minimum atomic E-state index is -0.971. The molecule has 3 aromatic rings. The van der Waals surface area contributed by atoms with Crippen LogP contribution in [0.2, 0.25) is 0 Å². The highest BCUT2D eigenvalue weighted by Gasteiger charge is 2.32. The van der Waals surface area contributed by atoms with E-state index in [1.54, 1.807) is 35.2 Å². The molecule has 1 amide bonds. The number of thioether (sulfide) groups is 1. The lowest BCUT2D eigenvalue weighted by atomic mass is 10.1. The zero-order chi connectivity index (χ0) is 21.1. The number of carboxylic acids is 1. The Morgan fingerprint density at radius 2 is 1.77 bits per heavy atom. The summed E-state index contributed by atoms with van der Waals surface area (Å²) in [5.41, 5.74) is 3.36. The summed E-state index contributed by atoms with van der Waals surface area (Å²) in [5.74, 6) is -1.10. The second-order valence-corrected chi connectivity index (χ2v) is 8.26. The molecule has 1 aromatic heterocycles. The molecular weight excluding hydrogens is 416 g/mol. The van der Waals surface area contributed by atoms with Crippen molar-refractivity contribution in [2.45, 2.75) is 6.54 Å². The summed E-state index contributed by atoms with van der Waals surface area (Å²) in [7, 11) is 0. The first-order valence-corrected chi connectivity index (χ1v) is 10.3. The van der Waals surface area contributed by atoms with Crippen LogP contribution in [0.4, 0.5) is 0 Å². The fraction of sp³-hybridized carbons (Fsp3) is 0.0435. The first-order chi connectivity index (χ1) is 14.5. The predicted molar refractivity (Wildman–Crippen MR) is 122 cm³/mol.